The van der Waals surface area contributed by atoms with Crippen LogP contribution >= 0.6 is 0 Å². The monoisotopic (exact) mass is 236 g/mol. The van der Waals surface area contributed by atoms with Gasteiger partial charge in [-0.25, -0.2) is 0 Å². The molecule has 0 spiro atoms. The number of hydrogen-bond acceptors (Lipinski definition) is 0. The van der Waals surface area contributed by atoms with Crippen molar-refractivity contribution < 1.29 is 0 Å². The molecule has 1 aromatic carbocycles. The summed E-state index contributed by atoms with van der Waals surface area (Å²) in [5.41, 5.74) is 3.24. The van der Waals surface area contributed by atoms with E-state index >= 15 is 0 Å². The molecular formula is C17H32. The summed E-state index contributed by atoms with van der Waals surface area (Å²) in [5.74, 6) is 0. The van der Waals surface area contributed by atoms with Gasteiger partial charge in [0.1, 0.15) is 0 Å². The van der Waals surface area contributed by atoms with E-state index in [0.29, 0.717) is 5.41 Å². The first kappa shape index (κ1) is 18.6. The van der Waals surface area contributed by atoms with E-state index in [-0.39, 0.29) is 0 Å². The molecule has 0 radical (unpaired) electrons. The highest BCUT2D eigenvalue weighted by molar-refractivity contribution is 5.19. The Kier molecular flexibility index (Phi) is 11.3. The molecule has 0 N–H and O–H groups in total. The normalized spacial score (nSPS) is 9.65. The van der Waals surface area contributed by atoms with Crippen LogP contribution in [0, 0.1) is 19.3 Å². The van der Waals surface area contributed by atoms with Gasteiger partial charge in [0.15, 0.2) is 0 Å². The Balaban J connectivity index is 0. The van der Waals surface area contributed by atoms with Crippen LogP contribution in [-0.4, -0.2) is 0 Å². The Hall–Kier alpha value is -0.780. The minimum Gasteiger partial charge on any atom is -0.0683 e. The molecule has 0 aliphatic rings. The molecule has 1 aromatic rings. The Morgan fingerprint density at radius 1 is 0.765 bits per heavy atom. The fraction of sp³-hybridized carbons (Fsp3) is 0.647. The van der Waals surface area contributed by atoms with Crippen molar-refractivity contribution in [2.75, 3.05) is 0 Å². The number of rotatable bonds is 2. The second-order valence-corrected chi connectivity index (χ2v) is 5.03. The van der Waals surface area contributed by atoms with Gasteiger partial charge in [-0.1, -0.05) is 89.8 Å². The minimum atomic E-state index is 0.583. The van der Waals surface area contributed by atoms with Crippen molar-refractivity contribution in [1.82, 2.24) is 0 Å². The fourth-order valence-electron chi connectivity index (χ4n) is 0.887. The molecule has 0 heteroatoms. The summed E-state index contributed by atoms with van der Waals surface area (Å²) < 4.78 is 0. The molecule has 100 valence electrons. The SMILES string of the molecule is CC.CCC(C)(C)CC.Cc1ccc(C)cc1. The minimum absolute atomic E-state index is 0.583. The lowest BCUT2D eigenvalue weighted by Crippen LogP contribution is -2.05. The molecule has 0 aliphatic carbocycles. The van der Waals surface area contributed by atoms with Gasteiger partial charge in [0.05, 0.1) is 0 Å². The molecule has 0 unspecified atom stereocenters. The van der Waals surface area contributed by atoms with Gasteiger partial charge in [0.25, 0.3) is 0 Å². The van der Waals surface area contributed by atoms with Crippen LogP contribution in [0.3, 0.4) is 0 Å². The second kappa shape index (κ2) is 10.4. The fourth-order valence-corrected chi connectivity index (χ4v) is 0.887. The third-order valence-electron chi connectivity index (χ3n) is 3.13. The van der Waals surface area contributed by atoms with E-state index in [1.54, 1.807) is 0 Å². The molecule has 0 saturated carbocycles. The van der Waals surface area contributed by atoms with Crippen molar-refractivity contribution in [3.05, 3.63) is 35.4 Å². The predicted molar refractivity (Wildman–Crippen MR) is 81.6 cm³/mol. The van der Waals surface area contributed by atoms with E-state index in [9.17, 15) is 0 Å². The third-order valence-corrected chi connectivity index (χ3v) is 3.13. The molecule has 0 atom stereocenters. The van der Waals surface area contributed by atoms with Crippen molar-refractivity contribution in [3.8, 4) is 0 Å². The van der Waals surface area contributed by atoms with Crippen LogP contribution in [0.25, 0.3) is 0 Å². The van der Waals surface area contributed by atoms with Gasteiger partial charge in [-0.15, -0.1) is 0 Å². The first-order chi connectivity index (χ1) is 7.91. The van der Waals surface area contributed by atoms with Crippen molar-refractivity contribution in [1.29, 1.82) is 0 Å². The summed E-state index contributed by atoms with van der Waals surface area (Å²) in [5, 5.41) is 0. The Morgan fingerprint density at radius 2 is 1.00 bits per heavy atom. The summed E-state index contributed by atoms with van der Waals surface area (Å²) in [6.45, 7) is 17.3. The Morgan fingerprint density at radius 3 is 1.12 bits per heavy atom. The quantitative estimate of drug-likeness (QED) is 0.576. The second-order valence-electron chi connectivity index (χ2n) is 5.03. The van der Waals surface area contributed by atoms with E-state index < -0.39 is 0 Å². The van der Waals surface area contributed by atoms with Crippen LogP contribution in [0.4, 0.5) is 0 Å². The highest BCUT2D eigenvalue weighted by atomic mass is 14.1. The maximum atomic E-state index is 2.30. The smallest absolute Gasteiger partial charge is 0.0359 e. The predicted octanol–water partition coefficient (Wildman–Crippen LogP) is 6.16. The number of hydrogen-bond donors (Lipinski definition) is 0. The number of aryl methyl sites for hydroxylation is 2. The molecule has 0 bridgehead atoms. The van der Waals surface area contributed by atoms with E-state index in [1.165, 1.54) is 24.0 Å². The zero-order valence-corrected chi connectivity index (χ0v) is 13.2. The summed E-state index contributed by atoms with van der Waals surface area (Å²) in [7, 11) is 0. The Bertz CT molecular complexity index is 227. The highest BCUT2D eigenvalue weighted by Crippen LogP contribution is 2.22. The average molecular weight is 236 g/mol. The molecule has 0 saturated heterocycles. The maximum Gasteiger partial charge on any atom is -0.0359 e. The van der Waals surface area contributed by atoms with E-state index in [0.717, 1.165) is 0 Å². The molecule has 0 heterocycles. The summed E-state index contributed by atoms with van der Waals surface area (Å²) in [6, 6.07) is 8.48. The summed E-state index contributed by atoms with van der Waals surface area (Å²) >= 11 is 0. The largest absolute Gasteiger partial charge is 0.0683 e. The van der Waals surface area contributed by atoms with Gasteiger partial charge >= 0.3 is 0 Å². The molecular weight excluding hydrogens is 204 g/mol. The number of benzene rings is 1. The van der Waals surface area contributed by atoms with E-state index in [2.05, 4.69) is 65.8 Å². The van der Waals surface area contributed by atoms with Crippen LogP contribution in [0.5, 0.6) is 0 Å². The van der Waals surface area contributed by atoms with Crippen LogP contribution < -0.4 is 0 Å². The zero-order valence-electron chi connectivity index (χ0n) is 13.2. The molecule has 17 heavy (non-hydrogen) atoms. The van der Waals surface area contributed by atoms with Gasteiger partial charge in [-0.05, 0) is 19.3 Å². The van der Waals surface area contributed by atoms with Gasteiger partial charge in [0.2, 0.25) is 0 Å². The van der Waals surface area contributed by atoms with Crippen molar-refractivity contribution in [2.45, 2.75) is 68.2 Å². The molecule has 0 aromatic heterocycles. The van der Waals surface area contributed by atoms with Crippen molar-refractivity contribution >= 4 is 0 Å². The lowest BCUT2D eigenvalue weighted by Gasteiger charge is -2.18. The van der Waals surface area contributed by atoms with Gasteiger partial charge < -0.3 is 0 Å². The van der Waals surface area contributed by atoms with Gasteiger partial charge in [-0.2, -0.15) is 0 Å². The maximum absolute atomic E-state index is 2.30. The first-order valence-electron chi connectivity index (χ1n) is 6.94. The zero-order chi connectivity index (χ0) is 13.9. The van der Waals surface area contributed by atoms with Gasteiger partial charge in [0, 0.05) is 0 Å². The molecule has 1 rings (SSSR count). The molecule has 0 aliphatic heterocycles. The van der Waals surface area contributed by atoms with E-state index in [4.69, 9.17) is 0 Å². The molecule has 0 nitrogen and oxygen atoms in total. The van der Waals surface area contributed by atoms with Crippen LogP contribution in [0.15, 0.2) is 24.3 Å². The average Bonchev–Trinajstić information content (AvgIpc) is 2.36. The Labute approximate surface area is 109 Å². The lowest BCUT2D eigenvalue weighted by molar-refractivity contribution is 0.338. The van der Waals surface area contributed by atoms with Crippen LogP contribution in [0.2, 0.25) is 0 Å². The molecule has 0 fully saturated rings. The van der Waals surface area contributed by atoms with Gasteiger partial charge in [-0.3, -0.25) is 0 Å². The van der Waals surface area contributed by atoms with Crippen molar-refractivity contribution in [2.24, 2.45) is 5.41 Å². The van der Waals surface area contributed by atoms with Crippen molar-refractivity contribution in [3.63, 3.8) is 0 Å². The topological polar surface area (TPSA) is 0 Å². The summed E-state index contributed by atoms with van der Waals surface area (Å²) in [6.07, 6.45) is 2.59. The van der Waals surface area contributed by atoms with Crippen LogP contribution in [-0.2, 0) is 0 Å². The molecule has 0 amide bonds. The van der Waals surface area contributed by atoms with Crippen LogP contribution in [0.1, 0.15) is 65.5 Å². The van der Waals surface area contributed by atoms with E-state index in [1.807, 2.05) is 13.8 Å². The lowest BCUT2D eigenvalue weighted by atomic mass is 9.88. The third kappa shape index (κ3) is 11.5. The highest BCUT2D eigenvalue weighted by Gasteiger charge is 2.09. The summed E-state index contributed by atoms with van der Waals surface area (Å²) in [4.78, 5) is 0. The first-order valence-corrected chi connectivity index (χ1v) is 6.94. The standard InChI is InChI=1S/C8H10.C7H16.C2H6/c1-7-3-5-8(2)6-4-7;1-5-7(3,4)6-2;1-2/h3-6H,1-2H3;5-6H2,1-4H3;1-2H3.